The Morgan fingerprint density at radius 2 is 1.79 bits per heavy atom. The predicted octanol–water partition coefficient (Wildman–Crippen LogP) is 1.71. The van der Waals surface area contributed by atoms with Gasteiger partial charge in [-0.25, -0.2) is 0 Å². The van der Waals surface area contributed by atoms with Crippen molar-refractivity contribution in [2.45, 2.75) is 109 Å². The maximum atomic E-state index is 13.3. The van der Waals surface area contributed by atoms with Gasteiger partial charge in [0, 0.05) is 17.9 Å². The molecule has 34 heavy (non-hydrogen) atoms. The van der Waals surface area contributed by atoms with Crippen LogP contribution in [0.4, 0.5) is 0 Å². The second kappa shape index (κ2) is 8.63. The SMILES string of the molecule is C[C@H](CO)CC[C@H](O)[C@](C)(O)[C@H]1CC[C@@]2(O)C3=CC(=O)[C@@H]4C[C@@H](O)[C@@H](O)C[C@]4(C)[C@H]3CC[C@]12C. The van der Waals surface area contributed by atoms with Gasteiger partial charge in [-0.15, -0.1) is 0 Å². The second-order valence-corrected chi connectivity index (χ2v) is 12.7. The fourth-order valence-corrected chi connectivity index (χ4v) is 8.37. The second-order valence-electron chi connectivity index (χ2n) is 12.7. The molecule has 11 atom stereocenters. The molecular formula is C27H44O7. The maximum absolute atomic E-state index is 13.3. The Morgan fingerprint density at radius 3 is 2.44 bits per heavy atom. The topological polar surface area (TPSA) is 138 Å². The number of aliphatic hydroxyl groups is 6. The van der Waals surface area contributed by atoms with Crippen LogP contribution in [0.3, 0.4) is 0 Å². The van der Waals surface area contributed by atoms with Crippen molar-refractivity contribution in [1.82, 2.24) is 0 Å². The average Bonchev–Trinajstić information content (AvgIpc) is 3.06. The Labute approximate surface area is 202 Å². The van der Waals surface area contributed by atoms with Crippen LogP contribution >= 0.6 is 0 Å². The fourth-order valence-electron chi connectivity index (χ4n) is 8.37. The van der Waals surface area contributed by atoms with Crippen molar-refractivity contribution >= 4 is 5.78 Å². The molecule has 0 saturated heterocycles. The molecule has 4 aliphatic rings. The Bertz CT molecular complexity index is 839. The Kier molecular flexibility index (Phi) is 6.66. The van der Waals surface area contributed by atoms with E-state index < -0.39 is 40.3 Å². The predicted molar refractivity (Wildman–Crippen MR) is 127 cm³/mol. The summed E-state index contributed by atoms with van der Waals surface area (Å²) in [7, 11) is 0. The molecule has 7 heteroatoms. The number of rotatable bonds is 6. The molecule has 7 nitrogen and oxygen atoms in total. The van der Waals surface area contributed by atoms with E-state index in [1.807, 2.05) is 20.8 Å². The molecule has 0 aliphatic heterocycles. The third-order valence-corrected chi connectivity index (χ3v) is 10.7. The zero-order valence-corrected chi connectivity index (χ0v) is 21.1. The minimum Gasteiger partial charge on any atom is -0.396 e. The van der Waals surface area contributed by atoms with Gasteiger partial charge in [-0.2, -0.15) is 0 Å². The molecule has 3 saturated carbocycles. The van der Waals surface area contributed by atoms with Crippen LogP contribution in [0.5, 0.6) is 0 Å². The molecule has 0 amide bonds. The van der Waals surface area contributed by atoms with Crippen LogP contribution in [-0.2, 0) is 4.79 Å². The lowest BCUT2D eigenvalue weighted by Crippen LogP contribution is -2.62. The van der Waals surface area contributed by atoms with Gasteiger partial charge in [0.05, 0.1) is 29.5 Å². The van der Waals surface area contributed by atoms with Crippen LogP contribution in [-0.4, -0.2) is 72.5 Å². The molecule has 0 heterocycles. The number of ketones is 1. The van der Waals surface area contributed by atoms with E-state index in [1.54, 1.807) is 13.0 Å². The number of hydrogen-bond donors (Lipinski definition) is 6. The molecule has 0 aromatic rings. The van der Waals surface area contributed by atoms with Crippen LogP contribution in [0.1, 0.15) is 79.1 Å². The summed E-state index contributed by atoms with van der Waals surface area (Å²) >= 11 is 0. The van der Waals surface area contributed by atoms with E-state index in [0.29, 0.717) is 38.5 Å². The number of fused-ring (bicyclic) bond motifs is 5. The van der Waals surface area contributed by atoms with E-state index >= 15 is 0 Å². The number of aliphatic hydroxyl groups excluding tert-OH is 4. The maximum Gasteiger partial charge on any atom is 0.159 e. The summed E-state index contributed by atoms with van der Waals surface area (Å²) in [5.74, 6) is -0.859. The van der Waals surface area contributed by atoms with Crippen LogP contribution in [0.25, 0.3) is 0 Å². The molecule has 194 valence electrons. The van der Waals surface area contributed by atoms with Crippen LogP contribution in [0.15, 0.2) is 11.6 Å². The number of carbonyl (C=O) groups is 1. The summed E-state index contributed by atoms with van der Waals surface area (Å²) in [6.07, 6.45) is 2.65. The monoisotopic (exact) mass is 480 g/mol. The van der Waals surface area contributed by atoms with E-state index in [-0.39, 0.29) is 42.5 Å². The van der Waals surface area contributed by atoms with Gasteiger partial charge in [0.15, 0.2) is 5.78 Å². The van der Waals surface area contributed by atoms with Crippen molar-refractivity contribution in [2.75, 3.05) is 6.61 Å². The van der Waals surface area contributed by atoms with Gasteiger partial charge in [0.25, 0.3) is 0 Å². The van der Waals surface area contributed by atoms with Crippen molar-refractivity contribution in [3.05, 3.63) is 11.6 Å². The molecule has 0 spiro atoms. The Balaban J connectivity index is 1.65. The molecule has 0 aromatic carbocycles. The molecule has 0 aromatic heterocycles. The number of carbonyl (C=O) groups excluding carboxylic acids is 1. The van der Waals surface area contributed by atoms with E-state index in [1.165, 1.54) is 0 Å². The zero-order chi connectivity index (χ0) is 25.3. The van der Waals surface area contributed by atoms with Gasteiger partial charge in [-0.1, -0.05) is 20.8 Å². The lowest BCUT2D eigenvalue weighted by atomic mass is 9.45. The van der Waals surface area contributed by atoms with Gasteiger partial charge < -0.3 is 30.6 Å². The third-order valence-electron chi connectivity index (χ3n) is 10.7. The number of hydrogen-bond acceptors (Lipinski definition) is 7. The van der Waals surface area contributed by atoms with Crippen LogP contribution in [0.2, 0.25) is 0 Å². The first-order valence-corrected chi connectivity index (χ1v) is 13.1. The highest BCUT2D eigenvalue weighted by atomic mass is 16.3. The summed E-state index contributed by atoms with van der Waals surface area (Å²) in [4.78, 5) is 13.3. The van der Waals surface area contributed by atoms with E-state index in [9.17, 15) is 35.4 Å². The largest absolute Gasteiger partial charge is 0.396 e. The molecule has 0 radical (unpaired) electrons. The molecular weight excluding hydrogens is 436 g/mol. The molecule has 4 rings (SSSR count). The third kappa shape index (κ3) is 3.65. The summed E-state index contributed by atoms with van der Waals surface area (Å²) in [5, 5.41) is 64.7. The molecule has 0 unspecified atom stereocenters. The van der Waals surface area contributed by atoms with Crippen LogP contribution < -0.4 is 0 Å². The van der Waals surface area contributed by atoms with Gasteiger partial charge in [0.1, 0.15) is 0 Å². The van der Waals surface area contributed by atoms with E-state index in [2.05, 4.69) is 0 Å². The molecule has 3 fully saturated rings. The molecule has 0 bridgehead atoms. The quantitative estimate of drug-likeness (QED) is 0.340. The highest BCUT2D eigenvalue weighted by Gasteiger charge is 2.69. The van der Waals surface area contributed by atoms with Gasteiger partial charge >= 0.3 is 0 Å². The lowest BCUT2D eigenvalue weighted by Gasteiger charge is -2.60. The van der Waals surface area contributed by atoms with Crippen molar-refractivity contribution in [1.29, 1.82) is 0 Å². The fraction of sp³-hybridized carbons (Fsp3) is 0.889. The van der Waals surface area contributed by atoms with Gasteiger partial charge in [0.2, 0.25) is 0 Å². The first kappa shape index (κ1) is 26.2. The summed E-state index contributed by atoms with van der Waals surface area (Å²) in [5.41, 5.74) is -3.21. The first-order chi connectivity index (χ1) is 15.7. The normalized spacial score (nSPS) is 47.6. The number of allylic oxidation sites excluding steroid dienone is 1. The Morgan fingerprint density at radius 1 is 1.12 bits per heavy atom. The molecule has 6 N–H and O–H groups in total. The summed E-state index contributed by atoms with van der Waals surface area (Å²) < 4.78 is 0. The summed E-state index contributed by atoms with van der Waals surface area (Å²) in [6, 6.07) is 0. The lowest BCUT2D eigenvalue weighted by molar-refractivity contribution is -0.176. The highest BCUT2D eigenvalue weighted by Crippen LogP contribution is 2.68. The van der Waals surface area contributed by atoms with Crippen LogP contribution in [0, 0.1) is 34.5 Å². The van der Waals surface area contributed by atoms with Gasteiger partial charge in [-0.05, 0) is 93.1 Å². The summed E-state index contributed by atoms with van der Waals surface area (Å²) in [6.45, 7) is 7.59. The van der Waals surface area contributed by atoms with Crippen molar-refractivity contribution < 1.29 is 35.4 Å². The van der Waals surface area contributed by atoms with Crippen molar-refractivity contribution in [3.63, 3.8) is 0 Å². The Hall–Kier alpha value is -0.830. The van der Waals surface area contributed by atoms with E-state index in [4.69, 9.17) is 0 Å². The highest BCUT2D eigenvalue weighted by molar-refractivity contribution is 5.95. The first-order valence-electron chi connectivity index (χ1n) is 13.1. The molecule has 4 aliphatic carbocycles. The minimum absolute atomic E-state index is 0.0326. The average molecular weight is 481 g/mol. The smallest absolute Gasteiger partial charge is 0.159 e. The standard InChI is InChI=1S/C27H44O7/c1-15(14-28)5-6-23(32)26(4,33)22-8-10-27(34)17-11-19(29)18-12-20(30)21(31)13-24(18,2)16(17)7-9-25(22,27)3/h11,15-16,18,20-23,28,30-34H,5-10,12-14H2,1-4H3/t15-,16-,18-,20+,21-,22-,23-,24+,25+,26+,27+/m0/s1. The van der Waals surface area contributed by atoms with E-state index in [0.717, 1.165) is 12.0 Å². The van der Waals surface area contributed by atoms with Crippen molar-refractivity contribution in [2.24, 2.45) is 34.5 Å². The van der Waals surface area contributed by atoms with Gasteiger partial charge in [-0.3, -0.25) is 4.79 Å². The zero-order valence-electron chi connectivity index (χ0n) is 21.1. The minimum atomic E-state index is -1.42. The van der Waals surface area contributed by atoms with Crippen molar-refractivity contribution in [3.8, 4) is 0 Å².